The lowest BCUT2D eigenvalue weighted by Crippen LogP contribution is -2.11. The molecule has 0 N–H and O–H groups in total. The molecule has 0 amide bonds. The Morgan fingerprint density at radius 1 is 0.408 bits per heavy atom. The van der Waals surface area contributed by atoms with Gasteiger partial charge in [-0.2, -0.15) is 0 Å². The molecule has 49 heavy (non-hydrogen) atoms. The van der Waals surface area contributed by atoms with E-state index in [-0.39, 0.29) is 0 Å². The van der Waals surface area contributed by atoms with Gasteiger partial charge in [-0.15, -0.1) is 11.3 Å². The van der Waals surface area contributed by atoms with Crippen molar-refractivity contribution in [3.05, 3.63) is 176 Å². The van der Waals surface area contributed by atoms with Gasteiger partial charge in [0.1, 0.15) is 11.2 Å². The van der Waals surface area contributed by atoms with E-state index in [9.17, 15) is 0 Å². The molecule has 10 aromatic rings. The van der Waals surface area contributed by atoms with Crippen molar-refractivity contribution in [2.75, 3.05) is 4.90 Å². The highest BCUT2D eigenvalue weighted by molar-refractivity contribution is 7.25. The van der Waals surface area contributed by atoms with Crippen molar-refractivity contribution in [3.63, 3.8) is 0 Å². The van der Waals surface area contributed by atoms with Crippen molar-refractivity contribution in [3.8, 4) is 22.3 Å². The van der Waals surface area contributed by atoms with Crippen LogP contribution in [0.5, 0.6) is 0 Å². The highest BCUT2D eigenvalue weighted by atomic mass is 32.1. The van der Waals surface area contributed by atoms with E-state index < -0.39 is 0 Å². The predicted octanol–water partition coefficient (Wildman–Crippen LogP) is 13.9. The van der Waals surface area contributed by atoms with Crippen LogP contribution in [0.15, 0.2) is 180 Å². The highest BCUT2D eigenvalue weighted by Gasteiger charge is 2.21. The van der Waals surface area contributed by atoms with Crippen LogP contribution >= 0.6 is 11.3 Å². The van der Waals surface area contributed by atoms with Gasteiger partial charge >= 0.3 is 0 Å². The Labute approximate surface area is 287 Å². The molecule has 0 spiro atoms. The lowest BCUT2D eigenvalue weighted by Gasteiger charge is -2.28. The van der Waals surface area contributed by atoms with Crippen LogP contribution in [0.4, 0.5) is 17.1 Å². The molecule has 2 heterocycles. The molecular formula is C46H29NOS. The monoisotopic (exact) mass is 643 g/mol. The van der Waals surface area contributed by atoms with Crippen LogP contribution in [0.25, 0.3) is 75.1 Å². The van der Waals surface area contributed by atoms with Gasteiger partial charge in [0.05, 0.1) is 5.69 Å². The molecule has 230 valence electrons. The molecule has 0 aliphatic rings. The van der Waals surface area contributed by atoms with Gasteiger partial charge in [0.2, 0.25) is 0 Å². The number of nitrogens with zero attached hydrogens (tertiary/aromatic N) is 1. The molecule has 0 atom stereocenters. The van der Waals surface area contributed by atoms with E-state index in [0.29, 0.717) is 0 Å². The second kappa shape index (κ2) is 11.2. The third-order valence-corrected chi connectivity index (χ3v) is 10.8. The first-order valence-electron chi connectivity index (χ1n) is 16.6. The van der Waals surface area contributed by atoms with E-state index in [1.807, 2.05) is 23.5 Å². The minimum absolute atomic E-state index is 0.887. The molecule has 0 bridgehead atoms. The van der Waals surface area contributed by atoms with Gasteiger partial charge in [-0.25, -0.2) is 0 Å². The van der Waals surface area contributed by atoms with Gasteiger partial charge in [0.25, 0.3) is 0 Å². The van der Waals surface area contributed by atoms with Crippen molar-refractivity contribution in [1.82, 2.24) is 0 Å². The maximum atomic E-state index is 6.27. The predicted molar refractivity (Wildman–Crippen MR) is 210 cm³/mol. The van der Waals surface area contributed by atoms with E-state index in [1.54, 1.807) is 0 Å². The largest absolute Gasteiger partial charge is 0.456 e. The molecular weight excluding hydrogens is 615 g/mol. The number of benzene rings is 8. The second-order valence-electron chi connectivity index (χ2n) is 12.5. The van der Waals surface area contributed by atoms with Crippen molar-refractivity contribution in [2.45, 2.75) is 0 Å². The number of hydrogen-bond acceptors (Lipinski definition) is 3. The van der Waals surface area contributed by atoms with Gasteiger partial charge in [0, 0.05) is 47.9 Å². The maximum Gasteiger partial charge on any atom is 0.135 e. The van der Waals surface area contributed by atoms with Gasteiger partial charge < -0.3 is 9.32 Å². The van der Waals surface area contributed by atoms with Gasteiger partial charge in [-0.1, -0.05) is 115 Å². The van der Waals surface area contributed by atoms with Crippen LogP contribution < -0.4 is 4.90 Å². The van der Waals surface area contributed by atoms with Crippen LogP contribution in [-0.2, 0) is 0 Å². The molecule has 2 nitrogen and oxygen atoms in total. The summed E-state index contributed by atoms with van der Waals surface area (Å²) in [5.74, 6) is 0. The van der Waals surface area contributed by atoms with E-state index in [1.165, 1.54) is 53.2 Å². The summed E-state index contributed by atoms with van der Waals surface area (Å²) >= 11 is 1.86. The van der Waals surface area contributed by atoms with Crippen LogP contribution in [0.2, 0.25) is 0 Å². The Morgan fingerprint density at radius 2 is 1.10 bits per heavy atom. The first-order valence-corrected chi connectivity index (χ1v) is 17.4. The lowest BCUT2D eigenvalue weighted by molar-refractivity contribution is 0.669. The van der Waals surface area contributed by atoms with E-state index in [4.69, 9.17) is 4.42 Å². The number of furan rings is 1. The summed E-state index contributed by atoms with van der Waals surface area (Å²) in [5, 5.41) is 7.30. The van der Waals surface area contributed by atoms with Crippen molar-refractivity contribution < 1.29 is 4.42 Å². The van der Waals surface area contributed by atoms with E-state index in [0.717, 1.165) is 39.0 Å². The van der Waals surface area contributed by atoms with E-state index in [2.05, 4.69) is 169 Å². The van der Waals surface area contributed by atoms with Gasteiger partial charge in [-0.3, -0.25) is 0 Å². The zero-order valence-corrected chi connectivity index (χ0v) is 27.3. The van der Waals surface area contributed by atoms with Crippen LogP contribution in [0, 0.1) is 0 Å². The van der Waals surface area contributed by atoms with Gasteiger partial charge in [-0.05, 0) is 88.1 Å². The fraction of sp³-hybridized carbons (Fsp3) is 0. The SMILES string of the molecule is c1cc(-c2ccc3ccccc3c2)cc(N(c2ccc3oc4ccccc4c3c2)c2ccccc2-c2cccc3sc4ccccc4c23)c1. The number of anilines is 3. The molecule has 0 aliphatic heterocycles. The molecule has 3 heteroatoms. The topological polar surface area (TPSA) is 16.4 Å². The molecule has 2 aromatic heterocycles. The molecule has 8 aromatic carbocycles. The van der Waals surface area contributed by atoms with Crippen LogP contribution in [0.1, 0.15) is 0 Å². The number of para-hydroxylation sites is 2. The second-order valence-corrected chi connectivity index (χ2v) is 13.6. The Balaban J connectivity index is 1.22. The standard InChI is InChI=1S/C46H29NOS/c1-2-12-31-27-33(24-23-30(31)11-1)32-13-9-14-34(28-32)47(35-25-26-43-40(29-35)37-16-4-7-20-42(37)48-43)41-19-6-3-15-36(41)38-18-10-22-45-46(38)39-17-5-8-21-44(39)49-45/h1-29H. The number of thiophene rings is 1. The maximum absolute atomic E-state index is 6.27. The zero-order valence-electron chi connectivity index (χ0n) is 26.5. The normalized spacial score (nSPS) is 11.7. The van der Waals surface area contributed by atoms with Gasteiger partial charge in [0.15, 0.2) is 0 Å². The summed E-state index contributed by atoms with van der Waals surface area (Å²) in [6, 6.07) is 63.4. The summed E-state index contributed by atoms with van der Waals surface area (Å²) in [5.41, 5.74) is 9.85. The van der Waals surface area contributed by atoms with Crippen molar-refractivity contribution >= 4 is 81.3 Å². The molecule has 0 saturated carbocycles. The Morgan fingerprint density at radius 3 is 2.06 bits per heavy atom. The average molecular weight is 644 g/mol. The lowest BCUT2D eigenvalue weighted by atomic mass is 9.96. The molecule has 0 unspecified atom stereocenters. The first kappa shape index (κ1) is 27.9. The number of hydrogen-bond donors (Lipinski definition) is 0. The zero-order chi connectivity index (χ0) is 32.3. The van der Waals surface area contributed by atoms with Crippen LogP contribution in [-0.4, -0.2) is 0 Å². The molecule has 0 saturated heterocycles. The molecule has 10 rings (SSSR count). The number of fused-ring (bicyclic) bond motifs is 7. The first-order chi connectivity index (χ1) is 24.3. The summed E-state index contributed by atoms with van der Waals surface area (Å²) < 4.78 is 8.87. The third kappa shape index (κ3) is 4.62. The summed E-state index contributed by atoms with van der Waals surface area (Å²) in [7, 11) is 0. The molecule has 0 aliphatic carbocycles. The van der Waals surface area contributed by atoms with Crippen molar-refractivity contribution in [2.24, 2.45) is 0 Å². The summed E-state index contributed by atoms with van der Waals surface area (Å²) in [6.07, 6.45) is 0. The smallest absolute Gasteiger partial charge is 0.135 e. The quantitative estimate of drug-likeness (QED) is 0.186. The van der Waals surface area contributed by atoms with Crippen molar-refractivity contribution in [1.29, 1.82) is 0 Å². The average Bonchev–Trinajstić information content (AvgIpc) is 3.73. The molecule has 0 fully saturated rings. The third-order valence-electron chi connectivity index (χ3n) is 9.64. The Hall–Kier alpha value is -6.16. The molecule has 0 radical (unpaired) electrons. The number of rotatable bonds is 5. The highest BCUT2D eigenvalue weighted by Crippen LogP contribution is 2.47. The fourth-order valence-corrected chi connectivity index (χ4v) is 8.50. The Bertz CT molecular complexity index is 2860. The Kier molecular flexibility index (Phi) is 6.39. The fourth-order valence-electron chi connectivity index (χ4n) is 7.37. The summed E-state index contributed by atoms with van der Waals surface area (Å²) in [6.45, 7) is 0. The minimum Gasteiger partial charge on any atom is -0.456 e. The van der Waals surface area contributed by atoms with E-state index >= 15 is 0 Å². The minimum atomic E-state index is 0.887. The van der Waals surface area contributed by atoms with Crippen LogP contribution in [0.3, 0.4) is 0 Å². The summed E-state index contributed by atoms with van der Waals surface area (Å²) in [4.78, 5) is 2.41.